The number of allylic oxidation sites excluding steroid dienone is 2. The number of carboxylic acid groups (broad SMARTS) is 1. The predicted molar refractivity (Wildman–Crippen MR) is 200 cm³/mol. The highest BCUT2D eigenvalue weighted by Gasteiger charge is 2.15. The monoisotopic (exact) mass is 649 g/mol. The number of ether oxygens (including phenoxy) is 1. The Bertz CT molecular complexity index is 658. The van der Waals surface area contributed by atoms with Crippen molar-refractivity contribution in [2.75, 3.05) is 0 Å². The van der Waals surface area contributed by atoms with Gasteiger partial charge in [0.05, 0.1) is 0 Å². The number of esters is 1. The standard InChI is InChI=1S/C42H80O4/c1-3-5-7-9-11-13-15-17-18-19-20-21-22-24-26-28-30-32-34-39-42(45)46-40(37-35-38-41(43)44)36-33-31-29-27-25-23-16-14-12-10-8-6-4-2/h17-18,40H,3-16,19-39H2,1-2H3,(H,43,44)/b18-17-. The maximum absolute atomic E-state index is 12.5. The van der Waals surface area contributed by atoms with Crippen LogP contribution in [0, 0.1) is 0 Å². The van der Waals surface area contributed by atoms with Crippen molar-refractivity contribution in [2.24, 2.45) is 0 Å². The van der Waals surface area contributed by atoms with Crippen molar-refractivity contribution in [2.45, 2.75) is 245 Å². The summed E-state index contributed by atoms with van der Waals surface area (Å²) in [6, 6.07) is 0. The molecule has 0 aliphatic rings. The van der Waals surface area contributed by atoms with E-state index in [9.17, 15) is 9.59 Å². The van der Waals surface area contributed by atoms with E-state index in [4.69, 9.17) is 9.84 Å². The van der Waals surface area contributed by atoms with Crippen molar-refractivity contribution in [3.05, 3.63) is 12.2 Å². The van der Waals surface area contributed by atoms with Crippen LogP contribution in [0.3, 0.4) is 0 Å². The molecular formula is C42H80O4. The molecule has 4 heteroatoms. The summed E-state index contributed by atoms with van der Waals surface area (Å²) in [5, 5.41) is 9.02. The van der Waals surface area contributed by atoms with Gasteiger partial charge in [0.15, 0.2) is 0 Å². The molecule has 0 amide bonds. The molecule has 0 aliphatic heterocycles. The summed E-state index contributed by atoms with van der Waals surface area (Å²) in [7, 11) is 0. The normalized spacial score (nSPS) is 12.2. The predicted octanol–water partition coefficient (Wildman–Crippen LogP) is 14.2. The van der Waals surface area contributed by atoms with E-state index in [0.29, 0.717) is 19.3 Å². The molecule has 0 aromatic rings. The van der Waals surface area contributed by atoms with Crippen molar-refractivity contribution in [3.63, 3.8) is 0 Å². The SMILES string of the molecule is CCCCCCCC/C=C\CCCCCCCCCCCC(=O)OC(CCCCCCCCCCCCCCC)CCCC(=O)O. The van der Waals surface area contributed by atoms with E-state index in [0.717, 1.165) is 25.7 Å². The van der Waals surface area contributed by atoms with Gasteiger partial charge in [-0.2, -0.15) is 0 Å². The van der Waals surface area contributed by atoms with Crippen LogP contribution in [0.4, 0.5) is 0 Å². The third kappa shape index (κ3) is 37.1. The van der Waals surface area contributed by atoms with Crippen LogP contribution in [0.2, 0.25) is 0 Å². The third-order valence-corrected chi connectivity index (χ3v) is 9.49. The van der Waals surface area contributed by atoms with Crippen molar-refractivity contribution >= 4 is 11.9 Å². The average molecular weight is 649 g/mol. The number of unbranched alkanes of at least 4 members (excludes halogenated alkanes) is 27. The second-order valence-corrected chi connectivity index (χ2v) is 14.2. The van der Waals surface area contributed by atoms with Crippen molar-refractivity contribution in [1.82, 2.24) is 0 Å². The minimum absolute atomic E-state index is 0.0870. The van der Waals surface area contributed by atoms with Crippen molar-refractivity contribution in [1.29, 1.82) is 0 Å². The Hall–Kier alpha value is -1.32. The van der Waals surface area contributed by atoms with E-state index in [1.165, 1.54) is 173 Å². The number of carbonyl (C=O) groups excluding carboxylic acids is 1. The van der Waals surface area contributed by atoms with E-state index < -0.39 is 5.97 Å². The second-order valence-electron chi connectivity index (χ2n) is 14.2. The number of rotatable bonds is 38. The number of carbonyl (C=O) groups is 2. The second kappa shape index (κ2) is 38.1. The maximum atomic E-state index is 12.5. The number of hydrogen-bond acceptors (Lipinski definition) is 3. The molecule has 0 saturated heterocycles. The van der Waals surface area contributed by atoms with Crippen LogP contribution in [-0.2, 0) is 14.3 Å². The molecule has 1 atom stereocenters. The first-order valence-corrected chi connectivity index (χ1v) is 20.7. The highest BCUT2D eigenvalue weighted by Crippen LogP contribution is 2.18. The van der Waals surface area contributed by atoms with Gasteiger partial charge in [-0.1, -0.05) is 180 Å². The van der Waals surface area contributed by atoms with Gasteiger partial charge in [-0.15, -0.1) is 0 Å². The molecule has 1 unspecified atom stereocenters. The van der Waals surface area contributed by atoms with Crippen LogP contribution in [0.15, 0.2) is 12.2 Å². The van der Waals surface area contributed by atoms with Crippen LogP contribution in [-0.4, -0.2) is 23.1 Å². The van der Waals surface area contributed by atoms with E-state index >= 15 is 0 Å². The van der Waals surface area contributed by atoms with E-state index in [1.807, 2.05) is 0 Å². The molecule has 0 spiro atoms. The van der Waals surface area contributed by atoms with Gasteiger partial charge in [0.25, 0.3) is 0 Å². The highest BCUT2D eigenvalue weighted by atomic mass is 16.5. The van der Waals surface area contributed by atoms with Crippen LogP contribution < -0.4 is 0 Å². The molecule has 0 fully saturated rings. The van der Waals surface area contributed by atoms with Gasteiger partial charge >= 0.3 is 11.9 Å². The summed E-state index contributed by atoms with van der Waals surface area (Å²) < 4.78 is 5.84. The van der Waals surface area contributed by atoms with E-state index in [2.05, 4.69) is 26.0 Å². The molecule has 0 radical (unpaired) electrons. The van der Waals surface area contributed by atoms with Gasteiger partial charge in [0.2, 0.25) is 0 Å². The fraction of sp³-hybridized carbons (Fsp3) is 0.905. The zero-order valence-corrected chi connectivity index (χ0v) is 31.2. The van der Waals surface area contributed by atoms with Crippen molar-refractivity contribution < 1.29 is 19.4 Å². The first-order valence-electron chi connectivity index (χ1n) is 20.7. The minimum Gasteiger partial charge on any atom is -0.481 e. The molecule has 0 aromatic heterocycles. The number of hydrogen-bond donors (Lipinski definition) is 1. The van der Waals surface area contributed by atoms with Crippen molar-refractivity contribution in [3.8, 4) is 0 Å². The molecule has 0 rings (SSSR count). The molecule has 1 N–H and O–H groups in total. The first-order chi connectivity index (χ1) is 22.6. The van der Waals surface area contributed by atoms with Crippen LogP contribution >= 0.6 is 0 Å². The Balaban J connectivity index is 3.74. The number of carboxylic acids is 1. The lowest BCUT2D eigenvalue weighted by Gasteiger charge is -2.18. The van der Waals surface area contributed by atoms with Gasteiger partial charge in [0.1, 0.15) is 6.10 Å². The topological polar surface area (TPSA) is 63.6 Å². The molecule has 0 aliphatic carbocycles. The van der Waals surface area contributed by atoms with Gasteiger partial charge in [-0.05, 0) is 57.8 Å². The average Bonchev–Trinajstić information content (AvgIpc) is 3.04. The Morgan fingerprint density at radius 3 is 1.22 bits per heavy atom. The summed E-state index contributed by atoms with van der Waals surface area (Å²) in [5.74, 6) is -0.853. The lowest BCUT2D eigenvalue weighted by atomic mass is 10.0. The highest BCUT2D eigenvalue weighted by molar-refractivity contribution is 5.69. The summed E-state index contributed by atoms with van der Waals surface area (Å²) in [5.41, 5.74) is 0. The van der Waals surface area contributed by atoms with Gasteiger partial charge in [-0.3, -0.25) is 9.59 Å². The molecule has 4 nitrogen and oxygen atoms in total. The largest absolute Gasteiger partial charge is 0.481 e. The summed E-state index contributed by atoms with van der Waals surface area (Å²) >= 11 is 0. The van der Waals surface area contributed by atoms with E-state index in [1.54, 1.807) is 0 Å². The Kier molecular flexibility index (Phi) is 37.0. The zero-order chi connectivity index (χ0) is 33.6. The molecular weight excluding hydrogens is 568 g/mol. The van der Waals surface area contributed by atoms with E-state index in [-0.39, 0.29) is 18.5 Å². The van der Waals surface area contributed by atoms with Crippen LogP contribution in [0.25, 0.3) is 0 Å². The zero-order valence-electron chi connectivity index (χ0n) is 31.2. The van der Waals surface area contributed by atoms with Crippen LogP contribution in [0.1, 0.15) is 239 Å². The van der Waals surface area contributed by atoms with Crippen LogP contribution in [0.5, 0.6) is 0 Å². The van der Waals surface area contributed by atoms with Gasteiger partial charge in [-0.25, -0.2) is 0 Å². The van der Waals surface area contributed by atoms with Gasteiger partial charge in [0, 0.05) is 12.8 Å². The molecule has 0 aromatic carbocycles. The Morgan fingerprint density at radius 2 is 0.804 bits per heavy atom. The minimum atomic E-state index is -0.766. The molecule has 272 valence electrons. The fourth-order valence-corrected chi connectivity index (χ4v) is 6.42. The summed E-state index contributed by atoms with van der Waals surface area (Å²) in [4.78, 5) is 23.5. The Labute approximate surface area is 287 Å². The molecule has 0 saturated carbocycles. The molecule has 0 bridgehead atoms. The Morgan fingerprint density at radius 1 is 0.457 bits per heavy atom. The quantitative estimate of drug-likeness (QED) is 0.0411. The maximum Gasteiger partial charge on any atom is 0.306 e. The lowest BCUT2D eigenvalue weighted by Crippen LogP contribution is -2.18. The third-order valence-electron chi connectivity index (χ3n) is 9.49. The summed E-state index contributed by atoms with van der Waals surface area (Å²) in [6.07, 6.45) is 46.6. The fourth-order valence-electron chi connectivity index (χ4n) is 6.42. The summed E-state index contributed by atoms with van der Waals surface area (Å²) in [6.45, 7) is 4.55. The first kappa shape index (κ1) is 44.7. The number of aliphatic carboxylic acids is 1. The molecule has 46 heavy (non-hydrogen) atoms. The smallest absolute Gasteiger partial charge is 0.306 e. The molecule has 0 heterocycles. The lowest BCUT2D eigenvalue weighted by molar-refractivity contribution is -0.150. The van der Waals surface area contributed by atoms with Gasteiger partial charge < -0.3 is 9.84 Å².